The summed E-state index contributed by atoms with van der Waals surface area (Å²) in [5, 5.41) is 0. The van der Waals surface area contributed by atoms with E-state index in [1.165, 1.54) is 4.57 Å². The number of para-hydroxylation sites is 2. The molecule has 1 aromatic carbocycles. The number of hydrogen-bond acceptors (Lipinski definition) is 3. The number of imidazole rings is 1. The molecule has 1 aliphatic heterocycles. The highest BCUT2D eigenvalue weighted by Gasteiger charge is 2.25. The number of fused-ring (bicyclic) bond motifs is 1. The number of likely N-dealkylation sites (tertiary alicyclic amines) is 1. The topological polar surface area (TPSA) is 84.1 Å². The van der Waals surface area contributed by atoms with Gasteiger partial charge in [0.15, 0.2) is 0 Å². The van der Waals surface area contributed by atoms with Gasteiger partial charge in [-0.2, -0.15) is 0 Å². The Morgan fingerprint density at radius 1 is 1.35 bits per heavy atom. The Morgan fingerprint density at radius 3 is 2.65 bits per heavy atom. The van der Waals surface area contributed by atoms with E-state index in [9.17, 15) is 9.59 Å². The summed E-state index contributed by atoms with van der Waals surface area (Å²) in [5.41, 5.74) is 7.22. The normalized spacial score (nSPS) is 17.0. The summed E-state index contributed by atoms with van der Waals surface area (Å²) in [6.07, 6.45) is 1.87. The van der Waals surface area contributed by atoms with Gasteiger partial charge in [-0.3, -0.25) is 9.36 Å². The third-order valence-corrected chi connectivity index (χ3v) is 4.61. The second kappa shape index (κ2) is 7.19. The monoisotopic (exact) mass is 338 g/mol. The molecular weight excluding hydrogens is 316 g/mol. The van der Waals surface area contributed by atoms with Crippen LogP contribution in [-0.4, -0.2) is 39.5 Å². The summed E-state index contributed by atoms with van der Waals surface area (Å²) in [5.74, 6) is 0.481. The van der Waals surface area contributed by atoms with E-state index in [2.05, 4.69) is 4.98 Å². The van der Waals surface area contributed by atoms with Gasteiger partial charge in [-0.15, -0.1) is 12.4 Å². The minimum Gasteiger partial charge on any atom is -0.341 e. The first-order chi connectivity index (χ1) is 10.6. The molecule has 0 spiro atoms. The Bertz CT molecular complexity index is 729. The van der Waals surface area contributed by atoms with Crippen molar-refractivity contribution in [1.82, 2.24) is 14.5 Å². The van der Waals surface area contributed by atoms with Crippen molar-refractivity contribution in [2.75, 3.05) is 13.1 Å². The highest BCUT2D eigenvalue weighted by Crippen LogP contribution is 2.20. The Labute approximate surface area is 141 Å². The summed E-state index contributed by atoms with van der Waals surface area (Å²) in [4.78, 5) is 29.1. The van der Waals surface area contributed by atoms with Crippen molar-refractivity contribution in [3.8, 4) is 0 Å². The average Bonchev–Trinajstić information content (AvgIpc) is 2.83. The minimum absolute atomic E-state index is 0. The highest BCUT2D eigenvalue weighted by molar-refractivity contribution is 5.85. The number of aromatic nitrogens is 2. The maximum atomic E-state index is 12.5. The number of halogens is 1. The predicted molar refractivity (Wildman–Crippen MR) is 92.8 cm³/mol. The second-order valence-electron chi connectivity index (χ2n) is 6.11. The number of hydrogen-bond donors (Lipinski definition) is 2. The quantitative estimate of drug-likeness (QED) is 0.885. The molecule has 1 amide bonds. The van der Waals surface area contributed by atoms with E-state index >= 15 is 0 Å². The van der Waals surface area contributed by atoms with Crippen LogP contribution in [0.1, 0.15) is 19.8 Å². The van der Waals surface area contributed by atoms with Crippen LogP contribution >= 0.6 is 12.4 Å². The molecule has 1 atom stereocenters. The molecule has 126 valence electrons. The SMILES string of the molecule is CC(N)C1CCN(C(=O)Cn2c(=O)[nH]c3ccccc32)CC1.Cl. The van der Waals surface area contributed by atoms with Gasteiger partial charge in [0.2, 0.25) is 5.91 Å². The number of carbonyl (C=O) groups is 1. The molecule has 2 aromatic rings. The number of benzene rings is 1. The molecule has 1 fully saturated rings. The lowest BCUT2D eigenvalue weighted by Crippen LogP contribution is -2.44. The molecule has 6 nitrogen and oxygen atoms in total. The van der Waals surface area contributed by atoms with Crippen molar-refractivity contribution in [1.29, 1.82) is 0 Å². The summed E-state index contributed by atoms with van der Waals surface area (Å²) in [6, 6.07) is 7.59. The molecule has 3 N–H and O–H groups in total. The van der Waals surface area contributed by atoms with Gasteiger partial charge >= 0.3 is 5.69 Å². The fourth-order valence-electron chi connectivity index (χ4n) is 3.17. The predicted octanol–water partition coefficient (Wildman–Crippen LogP) is 1.34. The van der Waals surface area contributed by atoms with Crippen LogP contribution in [0.4, 0.5) is 0 Å². The first-order valence-electron chi connectivity index (χ1n) is 7.77. The number of rotatable bonds is 3. The van der Waals surface area contributed by atoms with Crippen molar-refractivity contribution in [2.24, 2.45) is 11.7 Å². The molecule has 1 saturated heterocycles. The summed E-state index contributed by atoms with van der Waals surface area (Å²) < 4.78 is 1.51. The van der Waals surface area contributed by atoms with Crippen LogP contribution in [0.2, 0.25) is 0 Å². The highest BCUT2D eigenvalue weighted by atomic mass is 35.5. The van der Waals surface area contributed by atoms with E-state index in [1.807, 2.05) is 36.1 Å². The smallest absolute Gasteiger partial charge is 0.326 e. The second-order valence-corrected chi connectivity index (χ2v) is 6.11. The van der Waals surface area contributed by atoms with Crippen molar-refractivity contribution < 1.29 is 4.79 Å². The van der Waals surface area contributed by atoms with Gasteiger partial charge in [0.05, 0.1) is 11.0 Å². The molecular formula is C16H23ClN4O2. The number of carbonyl (C=O) groups excluding carboxylic acids is 1. The Morgan fingerprint density at radius 2 is 2.00 bits per heavy atom. The number of amides is 1. The number of piperidine rings is 1. The molecule has 0 radical (unpaired) electrons. The van der Waals surface area contributed by atoms with Crippen LogP contribution < -0.4 is 11.4 Å². The van der Waals surface area contributed by atoms with Gasteiger partial charge in [-0.05, 0) is 37.8 Å². The average molecular weight is 339 g/mol. The lowest BCUT2D eigenvalue weighted by molar-refractivity contribution is -0.133. The van der Waals surface area contributed by atoms with Gasteiger partial charge < -0.3 is 15.6 Å². The van der Waals surface area contributed by atoms with Crippen molar-refractivity contribution in [2.45, 2.75) is 32.4 Å². The van der Waals surface area contributed by atoms with Crippen molar-refractivity contribution >= 4 is 29.3 Å². The van der Waals surface area contributed by atoms with Crippen LogP contribution in [0, 0.1) is 5.92 Å². The molecule has 3 rings (SSSR count). The number of aromatic amines is 1. The van der Waals surface area contributed by atoms with E-state index in [-0.39, 0.29) is 36.6 Å². The maximum Gasteiger partial charge on any atom is 0.326 e. The van der Waals surface area contributed by atoms with Crippen LogP contribution in [0.25, 0.3) is 11.0 Å². The zero-order valence-electron chi connectivity index (χ0n) is 13.2. The van der Waals surface area contributed by atoms with Crippen LogP contribution in [-0.2, 0) is 11.3 Å². The fraction of sp³-hybridized carbons (Fsp3) is 0.500. The Balaban J connectivity index is 0.00000192. The van der Waals surface area contributed by atoms with E-state index < -0.39 is 0 Å². The van der Waals surface area contributed by atoms with Crippen LogP contribution in [0.15, 0.2) is 29.1 Å². The molecule has 1 aromatic heterocycles. The zero-order chi connectivity index (χ0) is 15.7. The minimum atomic E-state index is -0.236. The van der Waals surface area contributed by atoms with Gasteiger partial charge in [-0.25, -0.2) is 4.79 Å². The largest absolute Gasteiger partial charge is 0.341 e. The molecule has 0 saturated carbocycles. The van der Waals surface area contributed by atoms with Gasteiger partial charge in [0.1, 0.15) is 6.54 Å². The third kappa shape index (κ3) is 3.59. The van der Waals surface area contributed by atoms with Crippen molar-refractivity contribution in [3.63, 3.8) is 0 Å². The number of nitrogens with one attached hydrogen (secondary N) is 1. The van der Waals surface area contributed by atoms with E-state index in [1.54, 1.807) is 0 Å². The fourth-order valence-corrected chi connectivity index (χ4v) is 3.17. The number of H-pyrrole nitrogens is 1. The summed E-state index contributed by atoms with van der Waals surface area (Å²) in [6.45, 7) is 3.56. The molecule has 23 heavy (non-hydrogen) atoms. The van der Waals surface area contributed by atoms with Crippen molar-refractivity contribution in [3.05, 3.63) is 34.7 Å². The van der Waals surface area contributed by atoms with E-state index in [0.717, 1.165) is 37.0 Å². The van der Waals surface area contributed by atoms with Gasteiger partial charge in [-0.1, -0.05) is 12.1 Å². The first kappa shape index (κ1) is 17.6. The van der Waals surface area contributed by atoms with E-state index in [4.69, 9.17) is 5.73 Å². The molecule has 0 bridgehead atoms. The number of nitrogens with zero attached hydrogens (tertiary/aromatic N) is 2. The van der Waals surface area contributed by atoms with Crippen LogP contribution in [0.3, 0.4) is 0 Å². The Kier molecular flexibility index (Phi) is 5.49. The van der Waals surface area contributed by atoms with E-state index in [0.29, 0.717) is 5.92 Å². The van der Waals surface area contributed by atoms with Crippen LogP contribution in [0.5, 0.6) is 0 Å². The van der Waals surface area contributed by atoms with Gasteiger partial charge in [0, 0.05) is 19.1 Å². The van der Waals surface area contributed by atoms with Gasteiger partial charge in [0.25, 0.3) is 0 Å². The standard InChI is InChI=1S/C16H22N4O2.ClH/c1-11(17)12-6-8-19(9-7-12)15(21)10-20-14-5-3-2-4-13(14)18-16(20)22;/h2-5,11-12H,6-10,17H2,1H3,(H,18,22);1H. The lowest BCUT2D eigenvalue weighted by Gasteiger charge is -2.33. The molecule has 1 unspecified atom stereocenters. The summed E-state index contributed by atoms with van der Waals surface area (Å²) in [7, 11) is 0. The maximum absolute atomic E-state index is 12.5. The zero-order valence-corrected chi connectivity index (χ0v) is 14.0. The molecule has 1 aliphatic rings. The molecule has 7 heteroatoms. The molecule has 0 aliphatic carbocycles. The lowest BCUT2D eigenvalue weighted by atomic mass is 9.91. The third-order valence-electron chi connectivity index (χ3n) is 4.61. The molecule has 2 heterocycles. The first-order valence-corrected chi connectivity index (χ1v) is 7.77. The Hall–Kier alpha value is -1.79. The number of nitrogens with two attached hydrogens (primary N) is 1. The summed E-state index contributed by atoms with van der Waals surface area (Å²) >= 11 is 0.